The quantitative estimate of drug-likeness (QED) is 0.170. The van der Waals surface area contributed by atoms with Gasteiger partial charge in [-0.2, -0.15) is 5.26 Å². The number of piperazine rings is 1. The zero-order valence-electron chi connectivity index (χ0n) is 33.5. The third-order valence-electron chi connectivity index (χ3n) is 13.4. The van der Waals surface area contributed by atoms with Crippen molar-refractivity contribution in [3.8, 4) is 40.6 Å². The van der Waals surface area contributed by atoms with Gasteiger partial charge in [0.15, 0.2) is 28.5 Å². The van der Waals surface area contributed by atoms with E-state index in [1.807, 2.05) is 45.2 Å². The molecule has 0 radical (unpaired) electrons. The number of aromatic nitrogens is 1. The lowest BCUT2D eigenvalue weighted by Crippen LogP contribution is -2.69. The van der Waals surface area contributed by atoms with E-state index in [0.717, 1.165) is 27.6 Å². The molecule has 7 aliphatic heterocycles. The molecule has 1 spiro atoms. The predicted molar refractivity (Wildman–Crippen MR) is 214 cm³/mol. The largest absolute Gasteiger partial charge is 0.504 e. The molecule has 4 aromatic rings. The lowest BCUT2D eigenvalue weighted by atomic mass is 9.71. The van der Waals surface area contributed by atoms with Crippen LogP contribution in [0.1, 0.15) is 68.9 Å². The molecular weight excluding hydrogens is 779 g/mol. The molecule has 0 saturated carbocycles. The summed E-state index contributed by atoms with van der Waals surface area (Å²) in [5.74, 6) is 1.30. The fourth-order valence-corrected chi connectivity index (χ4v) is 12.7. The highest BCUT2D eigenvalue weighted by Gasteiger charge is 2.62. The number of phenolic OH excluding ortho intramolecular Hbond substituents is 1. The van der Waals surface area contributed by atoms with Crippen molar-refractivity contribution in [1.29, 1.82) is 5.26 Å². The smallest absolute Gasteiger partial charge is 0.333 e. The second-order valence-corrected chi connectivity index (χ2v) is 17.5. The number of nitriles is 1. The maximum absolute atomic E-state index is 15.1. The topological polar surface area (TPSA) is 188 Å². The van der Waals surface area contributed by atoms with Crippen molar-refractivity contribution >= 4 is 34.6 Å². The van der Waals surface area contributed by atoms with Crippen LogP contribution in [0.25, 0.3) is 10.9 Å². The molecule has 4 bridgehead atoms. The van der Waals surface area contributed by atoms with Gasteiger partial charge in [0.1, 0.15) is 24.1 Å². The number of ether oxygens (including phenoxy) is 6. The third kappa shape index (κ3) is 5.21. The maximum Gasteiger partial charge on any atom is 0.333 e. The molecule has 0 amide bonds. The summed E-state index contributed by atoms with van der Waals surface area (Å²) in [6.45, 7) is 4.57. The van der Waals surface area contributed by atoms with Crippen LogP contribution in [0.2, 0.25) is 0 Å². The first-order chi connectivity index (χ1) is 28.5. The van der Waals surface area contributed by atoms with Gasteiger partial charge >= 0.3 is 11.9 Å². The van der Waals surface area contributed by atoms with Gasteiger partial charge in [-0.3, -0.25) is 19.9 Å². The number of aromatic hydroxyl groups is 1. The van der Waals surface area contributed by atoms with Gasteiger partial charge in [0.25, 0.3) is 0 Å². The molecule has 4 N–H and O–H groups in total. The van der Waals surface area contributed by atoms with Crippen molar-refractivity contribution in [2.45, 2.75) is 80.7 Å². The van der Waals surface area contributed by atoms with E-state index in [1.54, 1.807) is 7.11 Å². The number of likely N-dealkylation sites (N-methyl/N-ethyl adjacent to an activating group) is 1. The third-order valence-corrected chi connectivity index (χ3v) is 14.9. The highest BCUT2D eigenvalue weighted by Crippen LogP contribution is 2.64. The Balaban J connectivity index is 1.25. The van der Waals surface area contributed by atoms with E-state index in [1.165, 1.54) is 25.8 Å². The molecule has 7 aliphatic rings. The van der Waals surface area contributed by atoms with Crippen LogP contribution in [0.15, 0.2) is 24.3 Å². The molecule has 1 unspecified atom stereocenters. The van der Waals surface area contributed by atoms with Crippen molar-refractivity contribution in [2.75, 3.05) is 47.0 Å². The first-order valence-electron chi connectivity index (χ1n) is 19.7. The number of aryl methyl sites for hydroxylation is 1. The summed E-state index contributed by atoms with van der Waals surface area (Å²) < 4.78 is 36.4. The number of thioether (sulfide) groups is 1. The molecule has 2 fully saturated rings. The standard InChI is InChI=1S/C43H45N5O10S/c1-18-9-21-10-27-28(13-44)48-29-15-55-42(52)43(41-25(11-22(14-49)46-43)24-12-23(53-5)7-8-26(24)45-41)16-59-40(34(48)33(47(27)4)30(21)35(51)36(18)54-6)32-31(29)39-38(56-17-57-39)19(2)37(32)58-20(3)50/h7-9,12,22,27-29,33-34,40,45-46,49,51H,10-11,14-17H2,1-6H3/t22-,27-,28-,29-,33+,34?,40+,43+/m0/s1. The Morgan fingerprint density at radius 3 is 2.61 bits per heavy atom. The highest BCUT2D eigenvalue weighted by atomic mass is 32.2. The molecule has 0 aliphatic carbocycles. The van der Waals surface area contributed by atoms with Gasteiger partial charge in [-0.25, -0.2) is 4.79 Å². The Morgan fingerprint density at radius 2 is 1.88 bits per heavy atom. The Labute approximate surface area is 344 Å². The average molecular weight is 824 g/mol. The second-order valence-electron chi connectivity index (χ2n) is 16.4. The Morgan fingerprint density at radius 1 is 1.08 bits per heavy atom. The lowest BCUT2D eigenvalue weighted by molar-refractivity contribution is -0.158. The van der Waals surface area contributed by atoms with E-state index in [-0.39, 0.29) is 37.6 Å². The average Bonchev–Trinajstić information content (AvgIpc) is 3.86. The normalized spacial score (nSPS) is 29.2. The van der Waals surface area contributed by atoms with E-state index in [0.29, 0.717) is 69.5 Å². The molecule has 15 nitrogen and oxygen atoms in total. The number of carbonyl (C=O) groups is 2. The zero-order chi connectivity index (χ0) is 41.2. The molecule has 8 atom stereocenters. The number of nitrogens with one attached hydrogen (secondary N) is 2. The minimum Gasteiger partial charge on any atom is -0.504 e. The van der Waals surface area contributed by atoms with E-state index in [4.69, 9.17) is 28.4 Å². The van der Waals surface area contributed by atoms with Crippen molar-refractivity contribution in [1.82, 2.24) is 20.1 Å². The number of nitrogens with zero attached hydrogens (tertiary/aromatic N) is 3. The number of esters is 2. The first kappa shape index (κ1) is 38.0. The molecule has 59 heavy (non-hydrogen) atoms. The van der Waals surface area contributed by atoms with Gasteiger partial charge in [-0.1, -0.05) is 6.07 Å². The molecule has 1 aromatic heterocycles. The number of rotatable bonds is 4. The minimum atomic E-state index is -1.47. The van der Waals surface area contributed by atoms with Crippen molar-refractivity contribution in [2.24, 2.45) is 0 Å². The number of aromatic amines is 1. The summed E-state index contributed by atoms with van der Waals surface area (Å²) in [6.07, 6.45) is 0.922. The number of phenols is 1. The molecule has 8 heterocycles. The summed E-state index contributed by atoms with van der Waals surface area (Å²) >= 11 is 1.47. The SMILES string of the molecule is COc1ccc2[nH]c3c(c2c1)C[C@@H](CO)N[C@]31CS[C@@H]2c3c(OC(C)=O)c(C)c4c(c3[C@H](COC1=O)N1C2[C@H]2c3c(cc(C)c(OC)c3O)C[C@@H]([C@@H]1C#N)N2C)OCO4. The van der Waals surface area contributed by atoms with Crippen LogP contribution >= 0.6 is 11.8 Å². The van der Waals surface area contributed by atoms with E-state index in [9.17, 15) is 20.3 Å². The summed E-state index contributed by atoms with van der Waals surface area (Å²) in [5, 5.41) is 37.9. The molecule has 3 aromatic carbocycles. The number of H-pyrrole nitrogens is 1. The Hall–Kier alpha value is -5.18. The van der Waals surface area contributed by atoms with E-state index >= 15 is 4.79 Å². The molecule has 308 valence electrons. The number of fused-ring (bicyclic) bond motifs is 11. The molecule has 11 rings (SSSR count). The van der Waals surface area contributed by atoms with Gasteiger partial charge in [0.05, 0.1) is 49.9 Å². The predicted octanol–water partition coefficient (Wildman–Crippen LogP) is 4.12. The van der Waals surface area contributed by atoms with Crippen molar-refractivity contribution in [3.05, 3.63) is 68.9 Å². The van der Waals surface area contributed by atoms with E-state index < -0.39 is 52.9 Å². The van der Waals surface area contributed by atoms with Crippen LogP contribution < -0.4 is 29.0 Å². The number of methoxy groups -OCH3 is 2. The number of carbonyl (C=O) groups excluding carboxylic acids is 2. The minimum absolute atomic E-state index is 0.0363. The molecule has 2 saturated heterocycles. The van der Waals surface area contributed by atoms with Gasteiger partial charge in [0, 0.05) is 64.0 Å². The van der Waals surface area contributed by atoms with Crippen LogP contribution in [-0.4, -0.2) is 108 Å². The van der Waals surface area contributed by atoms with Gasteiger partial charge in [0.2, 0.25) is 6.79 Å². The van der Waals surface area contributed by atoms with Crippen LogP contribution in [0, 0.1) is 25.2 Å². The maximum atomic E-state index is 15.1. The second kappa shape index (κ2) is 13.7. The van der Waals surface area contributed by atoms with Gasteiger partial charge in [-0.15, -0.1) is 11.8 Å². The number of hydrogen-bond donors (Lipinski definition) is 4. The summed E-state index contributed by atoms with van der Waals surface area (Å²) in [7, 11) is 5.13. The van der Waals surface area contributed by atoms with E-state index in [2.05, 4.69) is 26.2 Å². The summed E-state index contributed by atoms with van der Waals surface area (Å²) in [4.78, 5) is 36.0. The van der Waals surface area contributed by atoms with Gasteiger partial charge in [-0.05, 0) is 68.6 Å². The summed E-state index contributed by atoms with van der Waals surface area (Å²) in [5.41, 5.74) is 5.14. The molecule has 16 heteroatoms. The van der Waals surface area contributed by atoms with Crippen LogP contribution in [0.3, 0.4) is 0 Å². The summed E-state index contributed by atoms with van der Waals surface area (Å²) in [6, 6.07) is 7.05. The van der Waals surface area contributed by atoms with Crippen molar-refractivity contribution in [3.63, 3.8) is 0 Å². The van der Waals surface area contributed by atoms with Crippen molar-refractivity contribution < 1.29 is 48.2 Å². The zero-order valence-corrected chi connectivity index (χ0v) is 34.3. The fourth-order valence-electron chi connectivity index (χ4n) is 11.0. The number of hydrogen-bond acceptors (Lipinski definition) is 15. The Bertz CT molecular complexity index is 2520. The van der Waals surface area contributed by atoms with Crippen LogP contribution in [-0.2, 0) is 32.7 Å². The number of aliphatic hydroxyl groups is 1. The van der Waals surface area contributed by atoms with Gasteiger partial charge < -0.3 is 43.6 Å². The molecular formula is C43H45N5O10S. The fraction of sp³-hybridized carbons (Fsp3) is 0.465. The number of aliphatic hydroxyl groups excluding tert-OH is 1. The highest BCUT2D eigenvalue weighted by molar-refractivity contribution is 7.99. The van der Waals surface area contributed by atoms with Crippen LogP contribution in [0.4, 0.5) is 0 Å². The number of benzene rings is 3. The Kier molecular flexibility index (Phi) is 8.82. The first-order valence-corrected chi connectivity index (χ1v) is 20.8. The lowest BCUT2D eigenvalue weighted by Gasteiger charge is -2.62. The monoisotopic (exact) mass is 823 g/mol. The van der Waals surface area contributed by atoms with Crippen LogP contribution in [0.5, 0.6) is 34.5 Å².